The molecule has 0 amide bonds. The van der Waals surface area contributed by atoms with E-state index in [9.17, 15) is 30.7 Å². The van der Waals surface area contributed by atoms with Crippen molar-refractivity contribution in [3.05, 3.63) is 88.7 Å². The molecule has 0 atom stereocenters. The lowest BCUT2D eigenvalue weighted by Gasteiger charge is -2.20. The predicted octanol–water partition coefficient (Wildman–Crippen LogP) is 7.51. The summed E-state index contributed by atoms with van der Waals surface area (Å²) in [6.07, 6.45) is -4.61. The van der Waals surface area contributed by atoms with Gasteiger partial charge in [0.25, 0.3) is 0 Å². The Kier molecular flexibility index (Phi) is 7.12. The number of halogens is 7. The first kappa shape index (κ1) is 23.3. The number of aryl methyl sites for hydroxylation is 1. The van der Waals surface area contributed by atoms with E-state index in [-0.39, 0.29) is 17.7 Å². The maximum atomic E-state index is 14.3. The molecule has 0 N–H and O–H groups in total. The maximum absolute atomic E-state index is 14.3. The summed E-state index contributed by atoms with van der Waals surface area (Å²) in [5, 5.41) is 0. The van der Waals surface area contributed by atoms with E-state index in [0.29, 0.717) is 17.7 Å². The molecule has 0 saturated carbocycles. The second-order valence-corrected chi connectivity index (χ2v) is 6.00. The minimum Gasteiger partial charge on any atom is -0.429 e. The van der Waals surface area contributed by atoms with E-state index in [4.69, 9.17) is 0 Å². The molecule has 0 fully saturated rings. The molecular weight excluding hydrogens is 413 g/mol. The zero-order valence-electron chi connectivity index (χ0n) is 16.2. The highest BCUT2D eigenvalue weighted by Gasteiger charge is 2.41. The first-order valence-corrected chi connectivity index (χ1v) is 8.86. The van der Waals surface area contributed by atoms with Crippen LogP contribution in [-0.4, -0.2) is 0 Å². The van der Waals surface area contributed by atoms with Gasteiger partial charge in [-0.25, -0.2) is 22.0 Å². The summed E-state index contributed by atoms with van der Waals surface area (Å²) < 4.78 is 100. The highest BCUT2D eigenvalue weighted by molar-refractivity contribution is 5.64. The molecule has 0 radical (unpaired) electrons. The fourth-order valence-corrected chi connectivity index (χ4v) is 2.55. The summed E-state index contributed by atoms with van der Waals surface area (Å²) in [6.45, 7) is 5.80. The van der Waals surface area contributed by atoms with Crippen molar-refractivity contribution >= 4 is 0 Å². The van der Waals surface area contributed by atoms with Gasteiger partial charge in [0, 0.05) is 12.1 Å². The molecule has 3 aromatic carbocycles. The molecule has 160 valence electrons. The van der Waals surface area contributed by atoms with Crippen molar-refractivity contribution in [2.75, 3.05) is 0 Å². The average molecular weight is 430 g/mol. The molecule has 0 spiro atoms. The van der Waals surface area contributed by atoms with Crippen LogP contribution in [0.4, 0.5) is 30.7 Å². The van der Waals surface area contributed by atoms with Crippen LogP contribution in [0.5, 0.6) is 5.75 Å². The molecule has 0 heterocycles. The van der Waals surface area contributed by atoms with Gasteiger partial charge in [0.05, 0.1) is 0 Å². The summed E-state index contributed by atoms with van der Waals surface area (Å²) in [5.74, 6) is -9.85. The molecule has 0 saturated heterocycles. The molecule has 0 aliphatic heterocycles. The molecule has 8 heteroatoms. The Balaban J connectivity index is 0.00000155. The normalized spacial score (nSPS) is 11.0. The standard InChI is InChI=1S/C20H11F7O.C2H6/c1-10-2-4-11(5-3-10)12-6-14(21)18(15(22)7-12)20(26,27)28-13-8-16(23)19(25)17(24)9-13;1-2/h2-9H,1H3;1-2H3. The van der Waals surface area contributed by atoms with E-state index in [2.05, 4.69) is 4.74 Å². The van der Waals surface area contributed by atoms with E-state index >= 15 is 0 Å². The van der Waals surface area contributed by atoms with Crippen molar-refractivity contribution in [1.29, 1.82) is 0 Å². The number of benzene rings is 3. The molecule has 3 aromatic rings. The van der Waals surface area contributed by atoms with Gasteiger partial charge in [-0.2, -0.15) is 8.78 Å². The van der Waals surface area contributed by atoms with Crippen molar-refractivity contribution in [2.24, 2.45) is 0 Å². The van der Waals surface area contributed by atoms with Gasteiger partial charge < -0.3 is 4.74 Å². The van der Waals surface area contributed by atoms with Crippen LogP contribution >= 0.6 is 0 Å². The number of rotatable bonds is 4. The van der Waals surface area contributed by atoms with E-state index in [1.54, 1.807) is 31.2 Å². The van der Waals surface area contributed by atoms with Crippen LogP contribution in [0.1, 0.15) is 25.0 Å². The first-order chi connectivity index (χ1) is 14.1. The van der Waals surface area contributed by atoms with Crippen LogP contribution < -0.4 is 4.74 Å². The number of hydrogen-bond donors (Lipinski definition) is 0. The van der Waals surface area contributed by atoms with Gasteiger partial charge in [-0.15, -0.1) is 0 Å². The molecule has 3 rings (SSSR count). The van der Waals surface area contributed by atoms with Gasteiger partial charge in [0.15, 0.2) is 17.5 Å². The van der Waals surface area contributed by atoms with Crippen molar-refractivity contribution in [1.82, 2.24) is 0 Å². The molecule has 30 heavy (non-hydrogen) atoms. The van der Waals surface area contributed by atoms with Crippen LogP contribution in [0.25, 0.3) is 11.1 Å². The molecule has 0 aliphatic rings. The average Bonchev–Trinajstić information content (AvgIpc) is 2.67. The van der Waals surface area contributed by atoms with Crippen molar-refractivity contribution in [2.45, 2.75) is 26.9 Å². The molecule has 0 aromatic heterocycles. The Hall–Kier alpha value is -3.03. The van der Waals surface area contributed by atoms with Crippen LogP contribution in [0, 0.1) is 36.0 Å². The largest absolute Gasteiger partial charge is 0.432 e. The van der Waals surface area contributed by atoms with Crippen LogP contribution in [0.2, 0.25) is 0 Å². The second kappa shape index (κ2) is 9.19. The fraction of sp³-hybridized carbons (Fsp3) is 0.182. The summed E-state index contributed by atoms with van der Waals surface area (Å²) >= 11 is 0. The lowest BCUT2D eigenvalue weighted by molar-refractivity contribution is -0.189. The summed E-state index contributed by atoms with van der Waals surface area (Å²) in [5.41, 5.74) is -0.455. The minimum atomic E-state index is -4.61. The van der Waals surface area contributed by atoms with Crippen LogP contribution in [0.15, 0.2) is 48.5 Å². The number of alkyl halides is 2. The second-order valence-electron chi connectivity index (χ2n) is 6.00. The minimum absolute atomic E-state index is 0.00780. The first-order valence-electron chi connectivity index (χ1n) is 8.86. The Morgan fingerprint density at radius 2 is 1.13 bits per heavy atom. The van der Waals surface area contributed by atoms with Crippen LogP contribution in [0.3, 0.4) is 0 Å². The van der Waals surface area contributed by atoms with E-state index in [1.165, 1.54) is 0 Å². The van der Waals surface area contributed by atoms with Gasteiger partial charge >= 0.3 is 6.11 Å². The van der Waals surface area contributed by atoms with Gasteiger partial charge in [0.2, 0.25) is 0 Å². The van der Waals surface area contributed by atoms with E-state index < -0.39 is 46.5 Å². The predicted molar refractivity (Wildman–Crippen MR) is 98.7 cm³/mol. The molecule has 1 nitrogen and oxygen atoms in total. The summed E-state index contributed by atoms with van der Waals surface area (Å²) in [4.78, 5) is 0. The molecular formula is C22H17F7O. The zero-order valence-corrected chi connectivity index (χ0v) is 16.2. The van der Waals surface area contributed by atoms with Gasteiger partial charge in [-0.1, -0.05) is 43.7 Å². The topological polar surface area (TPSA) is 9.23 Å². The van der Waals surface area contributed by atoms with Crippen LogP contribution in [-0.2, 0) is 6.11 Å². The fourth-order valence-electron chi connectivity index (χ4n) is 2.55. The number of hydrogen-bond acceptors (Lipinski definition) is 1. The SMILES string of the molecule is CC.Cc1ccc(-c2cc(F)c(C(F)(F)Oc3cc(F)c(F)c(F)c3)c(F)c2)cc1. The quantitative estimate of drug-likeness (QED) is 0.307. The lowest BCUT2D eigenvalue weighted by atomic mass is 10.0. The Labute approximate surface area is 168 Å². The third-order valence-corrected chi connectivity index (χ3v) is 3.92. The van der Waals surface area contributed by atoms with E-state index in [0.717, 1.165) is 5.56 Å². The number of ether oxygens (including phenoxy) is 1. The van der Waals surface area contributed by atoms with Gasteiger partial charge in [-0.3, -0.25) is 0 Å². The Morgan fingerprint density at radius 3 is 1.60 bits per heavy atom. The summed E-state index contributed by atoms with van der Waals surface area (Å²) in [6, 6.07) is 8.12. The summed E-state index contributed by atoms with van der Waals surface area (Å²) in [7, 11) is 0. The molecule has 0 bridgehead atoms. The van der Waals surface area contributed by atoms with Crippen molar-refractivity contribution < 1.29 is 35.5 Å². The maximum Gasteiger partial charge on any atom is 0.432 e. The van der Waals surface area contributed by atoms with Gasteiger partial charge in [0.1, 0.15) is 22.9 Å². The monoisotopic (exact) mass is 430 g/mol. The Morgan fingerprint density at radius 1 is 0.667 bits per heavy atom. The third-order valence-electron chi connectivity index (χ3n) is 3.92. The lowest BCUT2D eigenvalue weighted by Crippen LogP contribution is -2.25. The molecule has 0 aliphatic carbocycles. The van der Waals surface area contributed by atoms with E-state index in [1.807, 2.05) is 13.8 Å². The zero-order chi connectivity index (χ0) is 22.6. The van der Waals surface area contributed by atoms with Gasteiger partial charge in [-0.05, 0) is 30.2 Å². The molecule has 0 unspecified atom stereocenters. The third kappa shape index (κ3) is 4.93. The highest BCUT2D eigenvalue weighted by atomic mass is 19.3. The van der Waals surface area contributed by atoms with Crippen molar-refractivity contribution in [3.8, 4) is 16.9 Å². The smallest absolute Gasteiger partial charge is 0.429 e. The highest BCUT2D eigenvalue weighted by Crippen LogP contribution is 2.37. The Bertz CT molecular complexity index is 984. The van der Waals surface area contributed by atoms with Crippen molar-refractivity contribution in [3.63, 3.8) is 0 Å².